The summed E-state index contributed by atoms with van der Waals surface area (Å²) in [4.78, 5) is 13.1. The number of nitrogen functional groups attached to an aromatic ring is 1. The number of pyridine rings is 1. The van der Waals surface area contributed by atoms with Gasteiger partial charge < -0.3 is 25.1 Å². The lowest BCUT2D eigenvalue weighted by atomic mass is 10.1. The van der Waals surface area contributed by atoms with E-state index < -0.39 is 5.79 Å². The number of nitrogens with two attached hydrogens (primary N) is 1. The molecule has 3 aromatic heterocycles. The lowest BCUT2D eigenvalue weighted by Gasteiger charge is -2.24. The zero-order valence-corrected chi connectivity index (χ0v) is 20.0. The van der Waals surface area contributed by atoms with Gasteiger partial charge in [-0.1, -0.05) is 6.07 Å². The smallest absolute Gasteiger partial charge is 0.163 e. The Morgan fingerprint density at radius 1 is 1.15 bits per heavy atom. The Morgan fingerprint density at radius 3 is 2.88 bits per heavy atom. The van der Waals surface area contributed by atoms with E-state index in [2.05, 4.69) is 65.0 Å². The second-order valence-corrected chi connectivity index (χ2v) is 10.2. The number of anilines is 2. The number of rotatable bonds is 4. The summed E-state index contributed by atoms with van der Waals surface area (Å²) >= 11 is 3.48. The average Bonchev–Trinajstić information content (AvgIpc) is 3.44. The van der Waals surface area contributed by atoms with Gasteiger partial charge in [-0.3, -0.25) is 4.98 Å². The third-order valence-electron chi connectivity index (χ3n) is 6.67. The molecule has 6 rings (SSSR count). The Bertz CT molecular complexity index is 1360. The van der Waals surface area contributed by atoms with E-state index >= 15 is 0 Å². The molecule has 0 spiro atoms. The number of benzene rings is 1. The summed E-state index contributed by atoms with van der Waals surface area (Å²) < 4.78 is 15.9. The van der Waals surface area contributed by atoms with Crippen LogP contribution in [0.3, 0.4) is 0 Å². The summed E-state index contributed by atoms with van der Waals surface area (Å²) in [5.74, 6) is 0.142. The highest BCUT2D eigenvalue weighted by molar-refractivity contribution is 9.10. The lowest BCUT2D eigenvalue weighted by molar-refractivity contribution is -0.159. The molecular formula is C24H25BrN6O2. The Morgan fingerprint density at radius 2 is 2.00 bits per heavy atom. The topological polar surface area (TPSA) is 100 Å². The van der Waals surface area contributed by atoms with Crippen molar-refractivity contribution in [3.63, 3.8) is 0 Å². The first-order valence-electron chi connectivity index (χ1n) is 11.1. The predicted octanol–water partition coefficient (Wildman–Crippen LogP) is 4.52. The number of ether oxygens (including phenoxy) is 2. The van der Waals surface area contributed by atoms with Crippen molar-refractivity contribution in [2.24, 2.45) is 5.92 Å². The van der Waals surface area contributed by atoms with E-state index in [1.165, 1.54) is 6.33 Å². The van der Waals surface area contributed by atoms with Crippen molar-refractivity contribution in [2.75, 3.05) is 17.6 Å². The van der Waals surface area contributed by atoms with Crippen LogP contribution in [0.5, 0.6) is 0 Å². The van der Waals surface area contributed by atoms with Crippen LogP contribution in [0.25, 0.3) is 21.9 Å². The Hall–Kier alpha value is -2.75. The van der Waals surface area contributed by atoms with Crippen LogP contribution in [-0.4, -0.2) is 44.1 Å². The lowest BCUT2D eigenvalue weighted by Crippen LogP contribution is -2.29. The van der Waals surface area contributed by atoms with Gasteiger partial charge in [-0.15, -0.1) is 0 Å². The number of fused-ring (bicyclic) bond motifs is 3. The molecule has 1 saturated heterocycles. The van der Waals surface area contributed by atoms with Crippen molar-refractivity contribution in [1.29, 1.82) is 0 Å². The van der Waals surface area contributed by atoms with E-state index in [1.54, 1.807) is 0 Å². The monoisotopic (exact) mass is 508 g/mol. The van der Waals surface area contributed by atoms with Gasteiger partial charge in [0.2, 0.25) is 0 Å². The number of halogens is 1. The molecule has 1 aromatic carbocycles. The number of aromatic nitrogens is 4. The molecule has 0 amide bonds. The minimum absolute atomic E-state index is 0.0105. The third-order valence-corrected chi connectivity index (χ3v) is 7.10. The normalized spacial score (nSPS) is 26.2. The molecule has 9 heteroatoms. The SMILES string of the molecule is CC1(C)O[C@@H]2[C@@H](CNc3ccc4cc(Br)cnc4c3)C[C@@H](n3ccc4c(N)ncnc43)[C@@H]2O1. The highest BCUT2D eigenvalue weighted by Crippen LogP contribution is 2.47. The maximum atomic E-state index is 6.38. The molecule has 1 aliphatic heterocycles. The van der Waals surface area contributed by atoms with Crippen LogP contribution in [0.15, 0.2) is 53.5 Å². The van der Waals surface area contributed by atoms with Crippen molar-refractivity contribution in [2.45, 2.75) is 44.3 Å². The van der Waals surface area contributed by atoms with Gasteiger partial charge in [0, 0.05) is 40.4 Å². The summed E-state index contributed by atoms with van der Waals surface area (Å²) in [6.07, 6.45) is 6.21. The van der Waals surface area contributed by atoms with Crippen molar-refractivity contribution in [1.82, 2.24) is 19.5 Å². The van der Waals surface area contributed by atoms with Gasteiger partial charge in [-0.2, -0.15) is 0 Å². The third kappa shape index (κ3) is 3.64. The van der Waals surface area contributed by atoms with E-state index in [0.29, 0.717) is 5.82 Å². The van der Waals surface area contributed by atoms with Gasteiger partial charge in [0.25, 0.3) is 0 Å². The number of hydrogen-bond donors (Lipinski definition) is 2. The quantitative estimate of drug-likeness (QED) is 0.417. The Balaban J connectivity index is 1.27. The standard InChI is InChI=1S/C24H25BrN6O2/c1-24(2)32-20-14(10-27-16-4-3-13-7-15(25)11-28-18(13)9-16)8-19(21(20)33-24)31-6-5-17-22(26)29-12-30-23(17)31/h3-7,9,11-12,14,19-21,27H,8,10H2,1-2H3,(H2,26,29,30)/t14-,19-,20-,21+/m1/s1. The fourth-order valence-electron chi connectivity index (χ4n) is 5.24. The summed E-state index contributed by atoms with van der Waals surface area (Å²) in [5.41, 5.74) is 8.91. The number of nitrogens with one attached hydrogen (secondary N) is 1. The van der Waals surface area contributed by atoms with E-state index in [1.807, 2.05) is 32.3 Å². The molecule has 8 nitrogen and oxygen atoms in total. The van der Waals surface area contributed by atoms with Gasteiger partial charge in [0.05, 0.1) is 23.0 Å². The van der Waals surface area contributed by atoms with Crippen LogP contribution < -0.4 is 11.1 Å². The van der Waals surface area contributed by atoms with E-state index in [0.717, 1.165) is 45.1 Å². The summed E-state index contributed by atoms with van der Waals surface area (Å²) in [5, 5.41) is 5.57. The molecule has 0 radical (unpaired) electrons. The first-order chi connectivity index (χ1) is 15.9. The molecule has 2 aliphatic rings. The number of hydrogen-bond acceptors (Lipinski definition) is 7. The molecule has 33 heavy (non-hydrogen) atoms. The van der Waals surface area contributed by atoms with Gasteiger partial charge in [0.1, 0.15) is 23.9 Å². The van der Waals surface area contributed by atoms with Gasteiger partial charge in [0.15, 0.2) is 5.79 Å². The maximum Gasteiger partial charge on any atom is 0.163 e. The zero-order valence-electron chi connectivity index (χ0n) is 18.4. The molecule has 1 saturated carbocycles. The fraction of sp³-hybridized carbons (Fsp3) is 0.375. The van der Waals surface area contributed by atoms with Crippen LogP contribution >= 0.6 is 15.9 Å². The molecule has 2 fully saturated rings. The molecular weight excluding hydrogens is 484 g/mol. The summed E-state index contributed by atoms with van der Waals surface area (Å²) in [6, 6.07) is 10.4. The first-order valence-corrected chi connectivity index (χ1v) is 11.9. The minimum atomic E-state index is -0.622. The van der Waals surface area contributed by atoms with Crippen LogP contribution in [-0.2, 0) is 9.47 Å². The molecule has 3 N–H and O–H groups in total. The highest BCUT2D eigenvalue weighted by atomic mass is 79.9. The molecule has 4 atom stereocenters. The molecule has 4 aromatic rings. The van der Waals surface area contributed by atoms with Crippen molar-refractivity contribution >= 4 is 49.4 Å². The van der Waals surface area contributed by atoms with Crippen LogP contribution in [0.1, 0.15) is 26.3 Å². The van der Waals surface area contributed by atoms with Crippen molar-refractivity contribution < 1.29 is 9.47 Å². The van der Waals surface area contributed by atoms with Gasteiger partial charge in [-0.05, 0) is 60.5 Å². The van der Waals surface area contributed by atoms with Gasteiger partial charge >= 0.3 is 0 Å². The molecule has 170 valence electrons. The van der Waals surface area contributed by atoms with Crippen LogP contribution in [0.4, 0.5) is 11.5 Å². The molecule has 1 aliphatic carbocycles. The zero-order chi connectivity index (χ0) is 22.7. The Labute approximate surface area is 199 Å². The average molecular weight is 509 g/mol. The van der Waals surface area contributed by atoms with Gasteiger partial charge in [-0.25, -0.2) is 9.97 Å². The second-order valence-electron chi connectivity index (χ2n) is 9.29. The maximum absolute atomic E-state index is 6.38. The van der Waals surface area contributed by atoms with Crippen molar-refractivity contribution in [3.05, 3.63) is 53.5 Å². The summed E-state index contributed by atoms with van der Waals surface area (Å²) in [6.45, 7) is 4.73. The summed E-state index contributed by atoms with van der Waals surface area (Å²) in [7, 11) is 0. The molecule has 0 bridgehead atoms. The first kappa shape index (κ1) is 20.8. The second kappa shape index (κ2) is 7.65. The minimum Gasteiger partial charge on any atom is -0.385 e. The fourth-order valence-corrected chi connectivity index (χ4v) is 5.59. The van der Waals surface area contributed by atoms with E-state index in [9.17, 15) is 0 Å². The van der Waals surface area contributed by atoms with Crippen LogP contribution in [0.2, 0.25) is 0 Å². The van der Waals surface area contributed by atoms with Crippen LogP contribution in [0, 0.1) is 5.92 Å². The number of nitrogens with zero attached hydrogens (tertiary/aromatic N) is 4. The largest absolute Gasteiger partial charge is 0.385 e. The highest BCUT2D eigenvalue weighted by Gasteiger charge is 2.54. The predicted molar refractivity (Wildman–Crippen MR) is 131 cm³/mol. The van der Waals surface area contributed by atoms with E-state index in [4.69, 9.17) is 15.2 Å². The molecule has 4 heterocycles. The molecule has 0 unspecified atom stereocenters. The van der Waals surface area contributed by atoms with Crippen molar-refractivity contribution in [3.8, 4) is 0 Å². The van der Waals surface area contributed by atoms with E-state index in [-0.39, 0.29) is 24.2 Å². The Kier molecular flexibility index (Phi) is 4.83.